The van der Waals surface area contributed by atoms with Crippen molar-refractivity contribution < 1.29 is 14.3 Å². The number of carbonyl (C=O) groups excluding carboxylic acids is 1. The molecular weight excluding hydrogens is 462 g/mol. The lowest BCUT2D eigenvalue weighted by molar-refractivity contribution is 0.00274. The number of carbonyl (C=O) groups is 1. The Labute approximate surface area is 223 Å². The number of methoxy groups -OCH3 is 1. The van der Waals surface area contributed by atoms with E-state index in [-0.39, 0.29) is 5.97 Å². The minimum atomic E-state index is -0.294. The summed E-state index contributed by atoms with van der Waals surface area (Å²) in [5.41, 5.74) is 10.4. The van der Waals surface area contributed by atoms with E-state index in [4.69, 9.17) is 15.2 Å². The van der Waals surface area contributed by atoms with Gasteiger partial charge in [-0.15, -0.1) is 0 Å². The van der Waals surface area contributed by atoms with Gasteiger partial charge in [-0.3, -0.25) is 0 Å². The van der Waals surface area contributed by atoms with Gasteiger partial charge < -0.3 is 25.0 Å². The zero-order valence-electron chi connectivity index (χ0n) is 23.2. The molecule has 0 radical (unpaired) electrons. The van der Waals surface area contributed by atoms with Crippen LogP contribution in [0.1, 0.15) is 67.4 Å². The van der Waals surface area contributed by atoms with Crippen molar-refractivity contribution in [3.63, 3.8) is 0 Å². The van der Waals surface area contributed by atoms with Gasteiger partial charge in [0.05, 0.1) is 12.7 Å². The standard InChI is InChI=1S/C18H25NO.C13H20N2O2/c1-19-10-9-18-8-4-3-5-15(18)17(19)11-13-6-7-14(20-2)12-16(13)18;1-3-15(4-2)9-10-17-13(16)11-5-7-12(14)8-6-11/h6-7,12,15,17H,3-5,8-11H2,1-2H3;5-8H,3-4,9-10,14H2,1-2H3/t15-,17-,18-;/m1./s1. The van der Waals surface area contributed by atoms with Gasteiger partial charge in [0, 0.05) is 23.7 Å². The number of benzene rings is 2. The number of hydrogen-bond acceptors (Lipinski definition) is 6. The lowest BCUT2D eigenvalue weighted by Gasteiger charge is -2.58. The van der Waals surface area contributed by atoms with Crippen molar-refractivity contribution in [3.8, 4) is 5.75 Å². The number of rotatable bonds is 7. The second-order valence-corrected chi connectivity index (χ2v) is 10.8. The summed E-state index contributed by atoms with van der Waals surface area (Å²) in [6.07, 6.45) is 8.22. The molecular formula is C31H45N3O3. The van der Waals surface area contributed by atoms with Crippen LogP contribution in [0, 0.1) is 5.92 Å². The Morgan fingerprint density at radius 2 is 1.86 bits per heavy atom. The average molecular weight is 508 g/mol. The highest BCUT2D eigenvalue weighted by molar-refractivity contribution is 5.89. The van der Waals surface area contributed by atoms with Crippen molar-refractivity contribution in [3.05, 3.63) is 59.2 Å². The first-order valence-electron chi connectivity index (χ1n) is 14.0. The molecule has 2 bridgehead atoms. The molecule has 6 heteroatoms. The van der Waals surface area contributed by atoms with Crippen molar-refractivity contribution in [2.75, 3.05) is 52.7 Å². The summed E-state index contributed by atoms with van der Waals surface area (Å²) in [7, 11) is 4.12. The summed E-state index contributed by atoms with van der Waals surface area (Å²) >= 11 is 0. The van der Waals surface area contributed by atoms with Crippen LogP contribution in [0.4, 0.5) is 5.69 Å². The van der Waals surface area contributed by atoms with E-state index in [0.29, 0.717) is 23.3 Å². The van der Waals surface area contributed by atoms with Crippen LogP contribution < -0.4 is 10.5 Å². The largest absolute Gasteiger partial charge is 0.497 e. The molecule has 2 aromatic rings. The summed E-state index contributed by atoms with van der Waals surface area (Å²) in [6.45, 7) is 8.57. The van der Waals surface area contributed by atoms with E-state index in [9.17, 15) is 4.79 Å². The Bertz CT molecular complexity index is 1040. The molecule has 0 amide bonds. The molecule has 3 atom stereocenters. The number of ether oxygens (including phenoxy) is 2. The van der Waals surface area contributed by atoms with Gasteiger partial charge in [-0.05, 0) is 106 Å². The average Bonchev–Trinajstić information content (AvgIpc) is 2.93. The van der Waals surface area contributed by atoms with Crippen molar-refractivity contribution in [1.82, 2.24) is 9.80 Å². The molecule has 2 N–H and O–H groups in total. The minimum absolute atomic E-state index is 0.294. The van der Waals surface area contributed by atoms with Crippen LogP contribution in [-0.2, 0) is 16.6 Å². The Hall–Kier alpha value is -2.57. The highest BCUT2D eigenvalue weighted by atomic mass is 16.5. The lowest BCUT2D eigenvalue weighted by atomic mass is 9.52. The monoisotopic (exact) mass is 507 g/mol. The number of nitrogens with zero attached hydrogens (tertiary/aromatic N) is 2. The van der Waals surface area contributed by atoms with E-state index < -0.39 is 0 Å². The number of nitrogen functional groups attached to an aromatic ring is 1. The molecule has 2 fully saturated rings. The van der Waals surface area contributed by atoms with E-state index in [0.717, 1.165) is 37.3 Å². The van der Waals surface area contributed by atoms with Gasteiger partial charge in [0.15, 0.2) is 0 Å². The Morgan fingerprint density at radius 3 is 2.57 bits per heavy atom. The lowest BCUT2D eigenvalue weighted by Crippen LogP contribution is -2.59. The van der Waals surface area contributed by atoms with Crippen LogP contribution in [0.3, 0.4) is 0 Å². The highest BCUT2D eigenvalue weighted by Crippen LogP contribution is 2.55. The second kappa shape index (κ2) is 12.3. The molecule has 6 nitrogen and oxygen atoms in total. The third kappa shape index (κ3) is 5.96. The van der Waals surface area contributed by atoms with E-state index in [1.807, 2.05) is 0 Å². The summed E-state index contributed by atoms with van der Waals surface area (Å²) in [4.78, 5) is 16.5. The number of nitrogens with two attached hydrogens (primary N) is 1. The fourth-order valence-electron chi connectivity index (χ4n) is 6.81. The molecule has 0 aromatic heterocycles. The molecule has 1 heterocycles. The fourth-order valence-corrected chi connectivity index (χ4v) is 6.81. The van der Waals surface area contributed by atoms with Crippen molar-refractivity contribution in [1.29, 1.82) is 0 Å². The van der Waals surface area contributed by atoms with Gasteiger partial charge in [0.1, 0.15) is 12.4 Å². The van der Waals surface area contributed by atoms with Gasteiger partial charge in [0.25, 0.3) is 0 Å². The topological polar surface area (TPSA) is 68.0 Å². The number of hydrogen-bond donors (Lipinski definition) is 1. The summed E-state index contributed by atoms with van der Waals surface area (Å²) in [5, 5.41) is 0. The number of likely N-dealkylation sites (tertiary alicyclic amines) is 1. The normalized spacial score (nSPS) is 24.4. The Kier molecular flexibility index (Phi) is 9.14. The van der Waals surface area contributed by atoms with Crippen molar-refractivity contribution in [2.45, 2.75) is 63.8 Å². The predicted molar refractivity (Wildman–Crippen MR) is 150 cm³/mol. The van der Waals surface area contributed by atoms with Gasteiger partial charge in [0.2, 0.25) is 0 Å². The molecule has 1 saturated heterocycles. The summed E-state index contributed by atoms with van der Waals surface area (Å²) < 4.78 is 10.7. The van der Waals surface area contributed by atoms with Crippen molar-refractivity contribution >= 4 is 11.7 Å². The minimum Gasteiger partial charge on any atom is -0.497 e. The predicted octanol–water partition coefficient (Wildman–Crippen LogP) is 5.15. The van der Waals surface area contributed by atoms with Crippen molar-refractivity contribution in [2.24, 2.45) is 5.92 Å². The Balaban J connectivity index is 0.000000176. The smallest absolute Gasteiger partial charge is 0.338 e. The molecule has 2 aromatic carbocycles. The van der Waals surface area contributed by atoms with Gasteiger partial charge in [-0.25, -0.2) is 4.79 Å². The first-order valence-corrected chi connectivity index (χ1v) is 14.0. The van der Waals surface area contributed by atoms with Gasteiger partial charge >= 0.3 is 5.97 Å². The number of fused-ring (bicyclic) bond motifs is 1. The van der Waals surface area contributed by atoms with E-state index in [1.54, 1.807) is 42.5 Å². The van der Waals surface area contributed by atoms with Crippen LogP contribution >= 0.6 is 0 Å². The molecule has 1 aliphatic heterocycles. The summed E-state index contributed by atoms with van der Waals surface area (Å²) in [6, 6.07) is 14.3. The maximum Gasteiger partial charge on any atom is 0.338 e. The van der Waals surface area contributed by atoms with E-state index in [2.05, 4.69) is 48.9 Å². The van der Waals surface area contributed by atoms with Crippen LogP contribution in [0.25, 0.3) is 0 Å². The molecule has 37 heavy (non-hydrogen) atoms. The SMILES string of the molecule is CCN(CC)CCOC(=O)c1ccc(N)cc1.COc1ccc2c(c1)[C@@]13CCCC[C@@H]1[C@@H](C2)N(C)CC3. The zero-order valence-corrected chi connectivity index (χ0v) is 23.2. The van der Waals surface area contributed by atoms with Gasteiger partial charge in [-0.1, -0.05) is 32.8 Å². The summed E-state index contributed by atoms with van der Waals surface area (Å²) in [5.74, 6) is 1.62. The van der Waals surface area contributed by atoms with Gasteiger partial charge in [-0.2, -0.15) is 0 Å². The fraction of sp³-hybridized carbons (Fsp3) is 0.581. The Morgan fingerprint density at radius 1 is 1.11 bits per heavy atom. The van der Waals surface area contributed by atoms with Crippen LogP contribution in [0.5, 0.6) is 5.75 Å². The second-order valence-electron chi connectivity index (χ2n) is 10.8. The third-order valence-corrected chi connectivity index (χ3v) is 9.00. The molecule has 5 rings (SSSR count). The number of anilines is 1. The van der Waals surface area contributed by atoms with E-state index in [1.165, 1.54) is 45.1 Å². The molecule has 2 aliphatic carbocycles. The van der Waals surface area contributed by atoms with Crippen LogP contribution in [-0.4, -0.2) is 68.8 Å². The number of likely N-dealkylation sites (N-methyl/N-ethyl adjacent to an activating group) is 2. The molecule has 0 spiro atoms. The third-order valence-electron chi connectivity index (χ3n) is 9.00. The molecule has 1 saturated carbocycles. The molecule has 202 valence electrons. The maximum absolute atomic E-state index is 11.6. The highest BCUT2D eigenvalue weighted by Gasteiger charge is 2.53. The number of piperidine rings is 1. The molecule has 3 aliphatic rings. The first kappa shape index (κ1) is 27.5. The quantitative estimate of drug-likeness (QED) is 0.413. The zero-order chi connectivity index (χ0) is 26.4. The molecule has 0 unspecified atom stereocenters. The van der Waals surface area contributed by atoms with Crippen LogP contribution in [0.15, 0.2) is 42.5 Å². The van der Waals surface area contributed by atoms with E-state index >= 15 is 0 Å². The number of esters is 1. The first-order chi connectivity index (χ1) is 17.9. The van der Waals surface area contributed by atoms with Crippen LogP contribution in [0.2, 0.25) is 0 Å². The maximum atomic E-state index is 11.6.